The fraction of sp³-hybridized carbons (Fsp3) is 0.444. The van der Waals surface area contributed by atoms with E-state index < -0.39 is 14.1 Å². The maximum absolute atomic E-state index is 13.9. The second-order valence-corrected chi connectivity index (χ2v) is 19.9. The number of anilines is 1. The first kappa shape index (κ1) is 33.1. The first-order valence-corrected chi connectivity index (χ1v) is 20.6. The molecule has 1 amide bonds. The zero-order valence-electron chi connectivity index (χ0n) is 28.3. The molecule has 2 aliphatic carbocycles. The average Bonchev–Trinajstić information content (AvgIpc) is 3.71. The van der Waals surface area contributed by atoms with E-state index in [9.17, 15) is 9.59 Å². The third-order valence-corrected chi connectivity index (χ3v) is 11.1. The van der Waals surface area contributed by atoms with E-state index in [1.54, 1.807) is 0 Å². The summed E-state index contributed by atoms with van der Waals surface area (Å²) in [6, 6.07) is 15.5. The number of carbonyl (C=O) groups is 2. The van der Waals surface area contributed by atoms with Gasteiger partial charge in [0, 0.05) is 49.3 Å². The number of aryl methyl sites for hydroxylation is 2. The summed E-state index contributed by atoms with van der Waals surface area (Å²) in [5.74, 6) is -0.256. The van der Waals surface area contributed by atoms with Gasteiger partial charge in [-0.25, -0.2) is 4.68 Å². The van der Waals surface area contributed by atoms with Crippen LogP contribution in [0.15, 0.2) is 54.9 Å². The monoisotopic (exact) mass is 649 g/mol. The Kier molecular flexibility index (Phi) is 9.96. The van der Waals surface area contributed by atoms with Gasteiger partial charge in [-0.1, -0.05) is 50.0 Å². The van der Waals surface area contributed by atoms with Crippen molar-refractivity contribution < 1.29 is 14.3 Å². The highest BCUT2D eigenvalue weighted by atomic mass is 28.3. The van der Waals surface area contributed by atoms with Crippen molar-refractivity contribution in [3.05, 3.63) is 77.4 Å². The summed E-state index contributed by atoms with van der Waals surface area (Å²) >= 11 is 0. The van der Waals surface area contributed by atoms with Crippen LogP contribution in [-0.4, -0.2) is 59.8 Å². The molecule has 0 spiro atoms. The van der Waals surface area contributed by atoms with Crippen LogP contribution in [0.5, 0.6) is 0 Å². The van der Waals surface area contributed by atoms with Crippen LogP contribution in [-0.2, 0) is 27.5 Å². The zero-order valence-corrected chi connectivity index (χ0v) is 29.3. The van der Waals surface area contributed by atoms with Crippen molar-refractivity contribution in [2.75, 3.05) is 11.9 Å². The smallest absolute Gasteiger partial charge is 0.291 e. The van der Waals surface area contributed by atoms with Crippen molar-refractivity contribution in [3.63, 3.8) is 0 Å². The van der Waals surface area contributed by atoms with Crippen molar-refractivity contribution in [3.8, 4) is 22.3 Å². The number of carbonyl (C=O) groups excluding carboxylic acids is 2. The quantitative estimate of drug-likeness (QED) is 0.0919. The summed E-state index contributed by atoms with van der Waals surface area (Å²) in [7, 11) is 0.187. The molecule has 245 valence electrons. The van der Waals surface area contributed by atoms with Gasteiger partial charge < -0.3 is 20.1 Å². The molecule has 2 aliphatic rings. The molecule has 2 N–H and O–H groups in total. The minimum Gasteiger partial charge on any atom is -0.360 e. The lowest BCUT2D eigenvalue weighted by atomic mass is 9.76. The number of rotatable bonds is 14. The van der Waals surface area contributed by atoms with Gasteiger partial charge in [0.1, 0.15) is 6.73 Å². The largest absolute Gasteiger partial charge is 0.360 e. The molecule has 4 aromatic rings. The van der Waals surface area contributed by atoms with E-state index in [4.69, 9.17) is 9.84 Å². The van der Waals surface area contributed by atoms with Crippen LogP contribution in [0.3, 0.4) is 0 Å². The number of nitrogens with one attached hydrogen (secondary N) is 2. The first-order chi connectivity index (χ1) is 22.6. The van der Waals surface area contributed by atoms with Crippen LogP contribution in [0.2, 0.25) is 25.7 Å². The van der Waals surface area contributed by atoms with Crippen molar-refractivity contribution in [2.45, 2.75) is 96.4 Å². The molecule has 6 rings (SSSR count). The minimum atomic E-state index is -1.15. The molecule has 1 fully saturated rings. The highest BCUT2D eigenvalue weighted by Crippen LogP contribution is 2.39. The predicted octanol–water partition coefficient (Wildman–Crippen LogP) is 6.50. The second kappa shape index (κ2) is 14.1. The van der Waals surface area contributed by atoms with Gasteiger partial charge in [-0.05, 0) is 86.4 Å². The van der Waals surface area contributed by atoms with Crippen molar-refractivity contribution in [1.29, 1.82) is 0 Å². The molecule has 2 aromatic carbocycles. The Morgan fingerprint density at radius 1 is 1.09 bits per heavy atom. The van der Waals surface area contributed by atoms with E-state index in [-0.39, 0.29) is 11.8 Å². The number of aromatic nitrogens is 4. The molecule has 2 aromatic heterocycles. The van der Waals surface area contributed by atoms with Gasteiger partial charge in [0.15, 0.2) is 0 Å². The van der Waals surface area contributed by atoms with Gasteiger partial charge >= 0.3 is 0 Å². The van der Waals surface area contributed by atoms with Gasteiger partial charge in [-0.15, -0.1) is 0 Å². The van der Waals surface area contributed by atoms with Gasteiger partial charge in [-0.3, -0.25) is 9.48 Å². The molecule has 2 heterocycles. The van der Waals surface area contributed by atoms with E-state index in [0.717, 1.165) is 71.1 Å². The number of nitrogens with zero attached hydrogens (tertiary/aromatic N) is 4. The maximum Gasteiger partial charge on any atom is 0.291 e. The summed E-state index contributed by atoms with van der Waals surface area (Å²) in [4.78, 5) is 25.3. The van der Waals surface area contributed by atoms with Crippen LogP contribution in [0.4, 0.5) is 5.69 Å². The highest BCUT2D eigenvalue weighted by molar-refractivity contribution is 6.76. The molecule has 0 bridgehead atoms. The van der Waals surface area contributed by atoms with Crippen LogP contribution >= 0.6 is 0 Å². The fourth-order valence-corrected chi connectivity index (χ4v) is 7.37. The molecule has 11 heteroatoms. The van der Waals surface area contributed by atoms with E-state index in [1.807, 2.05) is 42.1 Å². The normalized spacial score (nSPS) is 16.8. The van der Waals surface area contributed by atoms with Gasteiger partial charge in [0.25, 0.3) is 7.41 Å². The molecule has 0 saturated heterocycles. The Hall–Kier alpha value is -3.80. The van der Waals surface area contributed by atoms with Crippen LogP contribution in [0.25, 0.3) is 22.3 Å². The summed E-state index contributed by atoms with van der Waals surface area (Å²) < 4.78 is 9.95. The lowest BCUT2D eigenvalue weighted by molar-refractivity contribution is -0.118. The van der Waals surface area contributed by atoms with E-state index >= 15 is 0 Å². The van der Waals surface area contributed by atoms with Crippen LogP contribution < -0.4 is 10.5 Å². The number of hydrogen-bond donors (Lipinski definition) is 2. The van der Waals surface area contributed by atoms with E-state index in [0.29, 0.717) is 24.6 Å². The summed E-state index contributed by atoms with van der Waals surface area (Å²) in [5.41, 5.74) is 9.40. The molecular weight excluding hydrogens is 603 g/mol. The van der Waals surface area contributed by atoms with Crippen molar-refractivity contribution in [1.82, 2.24) is 24.8 Å². The standard InChI is InChI=1S/C36H46BN6O3Si/c1-24-34(25(2)43(41-24)23-46-17-18-47(3,4)5)27-11-13-30(14-12-27)39-36(45)35(40-37-22-44)32-8-6-7-26-9-10-28(19-33(26)32)29-20-38-42(21-29)31-15-16-31/h9-14,19-22,31-32,35,40H,6-8,15-18,23H2,1-5H3,(H,39,45)/t32-,35+/m1/s1. The first-order valence-electron chi connectivity index (χ1n) is 16.8. The lowest BCUT2D eigenvalue weighted by Crippen LogP contribution is -2.47. The fourth-order valence-electron chi connectivity index (χ4n) is 6.61. The number of hydrogen-bond acceptors (Lipinski definition) is 6. The molecule has 47 heavy (non-hydrogen) atoms. The molecule has 1 saturated carbocycles. The third-order valence-electron chi connectivity index (χ3n) is 9.42. The van der Waals surface area contributed by atoms with Gasteiger partial charge in [0.2, 0.25) is 5.91 Å². The summed E-state index contributed by atoms with van der Waals surface area (Å²) in [6.45, 7) is 12.3. The predicted molar refractivity (Wildman–Crippen MR) is 191 cm³/mol. The Balaban J connectivity index is 1.17. The van der Waals surface area contributed by atoms with Gasteiger partial charge in [0.05, 0.1) is 30.2 Å². The number of fused-ring (bicyclic) bond motifs is 1. The summed E-state index contributed by atoms with van der Waals surface area (Å²) in [5, 5.41) is 15.6. The Labute approximate surface area is 279 Å². The molecule has 0 unspecified atom stereocenters. The number of benzene rings is 2. The SMILES string of the molecule is Cc1nn(COCC[Si](C)(C)C)c(C)c1-c1ccc(NC(=O)[C@@H](N[B]C=O)[C@@H]2CCCc3ccc(-c4cnn(C5CC5)c4)cc32)cc1. The molecule has 2 atom stereocenters. The minimum absolute atomic E-state index is 0.0863. The van der Waals surface area contributed by atoms with Gasteiger partial charge in [-0.2, -0.15) is 10.2 Å². The second-order valence-electron chi connectivity index (χ2n) is 14.3. The van der Waals surface area contributed by atoms with Crippen molar-refractivity contribution in [2.24, 2.45) is 0 Å². The summed E-state index contributed by atoms with van der Waals surface area (Å²) in [6.07, 6.45) is 9.92. The molecule has 1 radical (unpaired) electrons. The Morgan fingerprint density at radius 3 is 2.57 bits per heavy atom. The van der Waals surface area contributed by atoms with E-state index in [1.165, 1.54) is 25.8 Å². The van der Waals surface area contributed by atoms with Crippen LogP contribution in [0.1, 0.15) is 60.2 Å². The molecule has 9 nitrogen and oxygen atoms in total. The van der Waals surface area contributed by atoms with E-state index in [2.05, 4.69) is 71.3 Å². The Bertz CT molecular complexity index is 1720. The van der Waals surface area contributed by atoms with Crippen molar-refractivity contribution >= 4 is 33.3 Å². The topological polar surface area (TPSA) is 103 Å². The number of ether oxygens (including phenoxy) is 1. The molecular formula is C36H46BN6O3Si. The van der Waals surface area contributed by atoms with Crippen LogP contribution in [0, 0.1) is 13.8 Å². The maximum atomic E-state index is 13.9. The Morgan fingerprint density at radius 2 is 1.85 bits per heavy atom. The number of amides is 1. The third kappa shape index (κ3) is 7.85. The average molecular weight is 650 g/mol. The highest BCUT2D eigenvalue weighted by Gasteiger charge is 2.33. The molecule has 0 aliphatic heterocycles. The zero-order chi connectivity index (χ0) is 33.1. The lowest BCUT2D eigenvalue weighted by Gasteiger charge is -2.32.